The molecule has 0 bridgehead atoms. The van der Waals surface area contributed by atoms with Gasteiger partial charge in [0.1, 0.15) is 11.6 Å². The van der Waals surface area contributed by atoms with Crippen molar-refractivity contribution in [1.29, 1.82) is 0 Å². The molecule has 0 spiro atoms. The van der Waals surface area contributed by atoms with E-state index in [1.54, 1.807) is 19.4 Å². The zero-order chi connectivity index (χ0) is 21.1. The van der Waals surface area contributed by atoms with Gasteiger partial charge in [0, 0.05) is 30.4 Å². The summed E-state index contributed by atoms with van der Waals surface area (Å²) in [5.41, 5.74) is 23.2. The molecule has 6 N–H and O–H groups in total. The molecule has 0 aliphatic heterocycles. The zero-order valence-corrected chi connectivity index (χ0v) is 16.6. The molecule has 4 aromatic rings. The van der Waals surface area contributed by atoms with Gasteiger partial charge in [0.2, 0.25) is 5.88 Å². The van der Waals surface area contributed by atoms with Crippen molar-refractivity contribution in [2.75, 3.05) is 24.3 Å². The van der Waals surface area contributed by atoms with Crippen LogP contribution in [-0.4, -0.2) is 26.9 Å². The molecule has 0 unspecified atom stereocenters. The highest BCUT2D eigenvalue weighted by molar-refractivity contribution is 5.67. The highest BCUT2D eigenvalue weighted by atomic mass is 16.5. The highest BCUT2D eigenvalue weighted by Crippen LogP contribution is 2.24. The molecule has 0 fully saturated rings. The monoisotopic (exact) mass is 401 g/mol. The van der Waals surface area contributed by atoms with Crippen LogP contribution < -0.4 is 21.9 Å². The molecule has 0 aliphatic carbocycles. The van der Waals surface area contributed by atoms with E-state index in [-0.39, 0.29) is 5.82 Å². The maximum Gasteiger partial charge on any atom is 0.212 e. The standard InChI is InChI=1S/C22H23N7O/c1-30-20-7-6-17(11-26-20)16-4-2-14(3-5-16)12-29-13-15(10-27-29)8-18-9-19(23)28-22(25)21(18)24/h2-7,9-11,13H,8,12,24H2,1H3,(H4,23,25,28). The smallest absolute Gasteiger partial charge is 0.212 e. The largest absolute Gasteiger partial charge is 0.481 e. The number of nitrogens with two attached hydrogens (primary N) is 3. The first-order chi connectivity index (χ1) is 14.5. The van der Waals surface area contributed by atoms with Gasteiger partial charge in [-0.05, 0) is 34.4 Å². The Hall–Kier alpha value is -4.07. The summed E-state index contributed by atoms with van der Waals surface area (Å²) in [6, 6.07) is 13.9. The van der Waals surface area contributed by atoms with Gasteiger partial charge in [-0.15, -0.1) is 0 Å². The minimum atomic E-state index is 0.254. The molecule has 8 nitrogen and oxygen atoms in total. The van der Waals surface area contributed by atoms with Crippen molar-refractivity contribution in [3.63, 3.8) is 0 Å². The quantitative estimate of drug-likeness (QED) is 0.453. The van der Waals surface area contributed by atoms with Gasteiger partial charge in [-0.2, -0.15) is 5.10 Å². The maximum atomic E-state index is 6.03. The molecule has 0 saturated heterocycles. The second kappa shape index (κ2) is 8.12. The number of ether oxygens (including phenoxy) is 1. The van der Waals surface area contributed by atoms with Gasteiger partial charge in [0.15, 0.2) is 0 Å². The summed E-state index contributed by atoms with van der Waals surface area (Å²) in [6.07, 6.45) is 6.21. The van der Waals surface area contributed by atoms with Crippen LogP contribution in [0.2, 0.25) is 0 Å². The third-order valence-electron chi connectivity index (χ3n) is 4.85. The fraction of sp³-hybridized carbons (Fsp3) is 0.136. The van der Waals surface area contributed by atoms with E-state index in [1.807, 2.05) is 29.2 Å². The van der Waals surface area contributed by atoms with Crippen LogP contribution in [0.3, 0.4) is 0 Å². The van der Waals surface area contributed by atoms with Gasteiger partial charge < -0.3 is 21.9 Å². The number of pyridine rings is 2. The number of hydrogen-bond donors (Lipinski definition) is 3. The Bertz CT molecular complexity index is 1150. The lowest BCUT2D eigenvalue weighted by atomic mass is 10.1. The molecule has 0 aliphatic rings. The SMILES string of the molecule is COc1ccc(-c2ccc(Cn3cc(Cc4cc(N)nc(N)c4N)cn3)cc2)cn1. The summed E-state index contributed by atoms with van der Waals surface area (Å²) in [5.74, 6) is 1.21. The second-order valence-electron chi connectivity index (χ2n) is 7.01. The van der Waals surface area contributed by atoms with Gasteiger partial charge in [0.25, 0.3) is 0 Å². The Labute approximate surface area is 174 Å². The van der Waals surface area contributed by atoms with Gasteiger partial charge in [-0.25, -0.2) is 9.97 Å². The molecule has 1 aromatic carbocycles. The number of aromatic nitrogens is 4. The van der Waals surface area contributed by atoms with E-state index in [0.717, 1.165) is 27.8 Å². The van der Waals surface area contributed by atoms with E-state index in [0.29, 0.717) is 30.4 Å². The molecule has 0 saturated carbocycles. The first kappa shape index (κ1) is 19.3. The first-order valence-electron chi connectivity index (χ1n) is 9.43. The van der Waals surface area contributed by atoms with Crippen LogP contribution in [-0.2, 0) is 13.0 Å². The van der Waals surface area contributed by atoms with E-state index in [2.05, 4.69) is 39.3 Å². The molecule has 0 radical (unpaired) electrons. The van der Waals surface area contributed by atoms with Crippen molar-refractivity contribution < 1.29 is 4.74 Å². The summed E-state index contributed by atoms with van der Waals surface area (Å²) < 4.78 is 7.00. The molecule has 3 heterocycles. The summed E-state index contributed by atoms with van der Waals surface area (Å²) in [5, 5.41) is 4.46. The van der Waals surface area contributed by atoms with Gasteiger partial charge in [-0.3, -0.25) is 4.68 Å². The number of methoxy groups -OCH3 is 1. The molecular weight excluding hydrogens is 378 g/mol. The summed E-state index contributed by atoms with van der Waals surface area (Å²) in [7, 11) is 1.61. The molecule has 4 rings (SSSR count). The summed E-state index contributed by atoms with van der Waals surface area (Å²) in [4.78, 5) is 8.23. The Balaban J connectivity index is 1.45. The van der Waals surface area contributed by atoms with Crippen molar-refractivity contribution in [2.45, 2.75) is 13.0 Å². The van der Waals surface area contributed by atoms with Crippen molar-refractivity contribution in [1.82, 2.24) is 19.7 Å². The zero-order valence-electron chi connectivity index (χ0n) is 16.6. The van der Waals surface area contributed by atoms with E-state index >= 15 is 0 Å². The number of benzene rings is 1. The third kappa shape index (κ3) is 4.17. The van der Waals surface area contributed by atoms with E-state index in [9.17, 15) is 0 Å². The van der Waals surface area contributed by atoms with Crippen molar-refractivity contribution in [3.8, 4) is 17.0 Å². The highest BCUT2D eigenvalue weighted by Gasteiger charge is 2.09. The minimum Gasteiger partial charge on any atom is -0.481 e. The lowest BCUT2D eigenvalue weighted by Crippen LogP contribution is -2.05. The maximum absolute atomic E-state index is 6.03. The number of nitrogens with zero attached hydrogens (tertiary/aromatic N) is 4. The van der Waals surface area contributed by atoms with Gasteiger partial charge >= 0.3 is 0 Å². The molecular formula is C22H23N7O. The van der Waals surface area contributed by atoms with Crippen molar-refractivity contribution >= 4 is 17.3 Å². The second-order valence-corrected chi connectivity index (χ2v) is 7.01. The topological polar surface area (TPSA) is 131 Å². The molecule has 8 heteroatoms. The normalized spacial score (nSPS) is 10.8. The van der Waals surface area contributed by atoms with Crippen molar-refractivity contribution in [2.24, 2.45) is 0 Å². The lowest BCUT2D eigenvalue weighted by Gasteiger charge is -2.08. The number of hydrogen-bond acceptors (Lipinski definition) is 7. The molecule has 30 heavy (non-hydrogen) atoms. The third-order valence-corrected chi connectivity index (χ3v) is 4.85. The van der Waals surface area contributed by atoms with E-state index < -0.39 is 0 Å². The van der Waals surface area contributed by atoms with Crippen molar-refractivity contribution in [3.05, 3.63) is 77.7 Å². The average Bonchev–Trinajstić information content (AvgIpc) is 3.19. The Morgan fingerprint density at radius 1 is 0.933 bits per heavy atom. The van der Waals surface area contributed by atoms with Gasteiger partial charge in [-0.1, -0.05) is 24.3 Å². The summed E-state index contributed by atoms with van der Waals surface area (Å²) in [6.45, 7) is 0.664. The van der Waals surface area contributed by atoms with Crippen LogP contribution in [0.4, 0.5) is 17.3 Å². The Kier molecular flexibility index (Phi) is 5.21. The van der Waals surface area contributed by atoms with E-state index in [4.69, 9.17) is 21.9 Å². The minimum absolute atomic E-state index is 0.254. The molecule has 3 aromatic heterocycles. The molecule has 152 valence electrons. The number of nitrogen functional groups attached to an aromatic ring is 3. The number of rotatable bonds is 6. The fourth-order valence-corrected chi connectivity index (χ4v) is 3.26. The first-order valence-corrected chi connectivity index (χ1v) is 9.43. The predicted octanol–water partition coefficient (Wildman–Crippen LogP) is 2.73. The van der Waals surface area contributed by atoms with Crippen LogP contribution in [0.1, 0.15) is 16.7 Å². The van der Waals surface area contributed by atoms with Crippen LogP contribution in [0.15, 0.2) is 61.1 Å². The van der Waals surface area contributed by atoms with Crippen LogP contribution >= 0.6 is 0 Å². The molecule has 0 atom stereocenters. The Morgan fingerprint density at radius 2 is 1.70 bits per heavy atom. The van der Waals surface area contributed by atoms with Crippen LogP contribution in [0, 0.1) is 0 Å². The molecule has 0 amide bonds. The van der Waals surface area contributed by atoms with Crippen LogP contribution in [0.25, 0.3) is 11.1 Å². The number of anilines is 3. The lowest BCUT2D eigenvalue weighted by molar-refractivity contribution is 0.398. The van der Waals surface area contributed by atoms with Crippen LogP contribution in [0.5, 0.6) is 5.88 Å². The van der Waals surface area contributed by atoms with Gasteiger partial charge in [0.05, 0.1) is 25.5 Å². The Morgan fingerprint density at radius 3 is 2.40 bits per heavy atom. The predicted molar refractivity (Wildman–Crippen MR) is 118 cm³/mol. The summed E-state index contributed by atoms with van der Waals surface area (Å²) >= 11 is 0. The fourth-order valence-electron chi connectivity index (χ4n) is 3.26. The average molecular weight is 401 g/mol. The van der Waals surface area contributed by atoms with E-state index in [1.165, 1.54) is 0 Å².